The van der Waals surface area contributed by atoms with E-state index in [1.165, 1.54) is 5.56 Å². The maximum atomic E-state index is 11.9. The molecule has 3 aromatic rings. The molecule has 0 saturated heterocycles. The van der Waals surface area contributed by atoms with Crippen molar-refractivity contribution in [2.45, 2.75) is 19.9 Å². The van der Waals surface area contributed by atoms with E-state index in [-0.39, 0.29) is 12.5 Å². The van der Waals surface area contributed by atoms with Crippen molar-refractivity contribution in [1.82, 2.24) is 20.4 Å². The minimum absolute atomic E-state index is 0.0760. The van der Waals surface area contributed by atoms with Crippen LogP contribution in [0.3, 0.4) is 0 Å². The summed E-state index contributed by atoms with van der Waals surface area (Å²) in [5.74, 6) is -0.248. The fourth-order valence-electron chi connectivity index (χ4n) is 2.22. The number of fused-ring (bicyclic) bond motifs is 1. The summed E-state index contributed by atoms with van der Waals surface area (Å²) in [6.07, 6.45) is 2.62. The zero-order valence-electron chi connectivity index (χ0n) is 12.8. The summed E-state index contributed by atoms with van der Waals surface area (Å²) in [6, 6.07) is 15.5. The molecule has 116 valence electrons. The highest BCUT2D eigenvalue weighted by Gasteiger charge is 2.07. The molecule has 0 aliphatic heterocycles. The lowest BCUT2D eigenvalue weighted by atomic mass is 10.1. The number of carbonyl (C=O) groups excluding carboxylic acids is 1. The quantitative estimate of drug-likeness (QED) is 0.580. The molecular weight excluding hydrogens is 290 g/mol. The van der Waals surface area contributed by atoms with Crippen molar-refractivity contribution in [2.24, 2.45) is 5.10 Å². The minimum Gasteiger partial charge on any atom is -0.271 e. The molecule has 0 fully saturated rings. The smallest absolute Gasteiger partial charge is 0.261 e. The number of amides is 1. The second-order valence-electron chi connectivity index (χ2n) is 5.12. The van der Waals surface area contributed by atoms with Crippen LogP contribution in [0.4, 0.5) is 0 Å². The average Bonchev–Trinajstić information content (AvgIpc) is 2.99. The minimum atomic E-state index is -0.248. The van der Waals surface area contributed by atoms with Crippen LogP contribution in [-0.4, -0.2) is 27.1 Å². The summed E-state index contributed by atoms with van der Waals surface area (Å²) in [5, 5.41) is 12.0. The molecule has 6 heteroatoms. The highest BCUT2D eigenvalue weighted by Crippen LogP contribution is 2.09. The molecule has 23 heavy (non-hydrogen) atoms. The Balaban J connectivity index is 1.59. The van der Waals surface area contributed by atoms with Crippen LogP contribution in [0.5, 0.6) is 0 Å². The van der Waals surface area contributed by atoms with Gasteiger partial charge in [-0.2, -0.15) is 5.10 Å². The molecule has 1 amide bonds. The number of hydrogen-bond donors (Lipinski definition) is 1. The van der Waals surface area contributed by atoms with Gasteiger partial charge in [-0.3, -0.25) is 4.79 Å². The summed E-state index contributed by atoms with van der Waals surface area (Å²) >= 11 is 0. The van der Waals surface area contributed by atoms with E-state index in [1.807, 2.05) is 48.5 Å². The van der Waals surface area contributed by atoms with Gasteiger partial charge in [0.15, 0.2) is 0 Å². The maximum absolute atomic E-state index is 11.9. The summed E-state index contributed by atoms with van der Waals surface area (Å²) in [6.45, 7) is 2.18. The summed E-state index contributed by atoms with van der Waals surface area (Å²) < 4.78 is 1.55. The third-order valence-electron chi connectivity index (χ3n) is 3.50. The topological polar surface area (TPSA) is 72.2 Å². The third-order valence-corrected chi connectivity index (χ3v) is 3.50. The Labute approximate surface area is 133 Å². The van der Waals surface area contributed by atoms with Gasteiger partial charge in [-0.05, 0) is 29.7 Å². The summed E-state index contributed by atoms with van der Waals surface area (Å²) in [5.41, 5.74) is 6.30. The zero-order chi connectivity index (χ0) is 16.1. The molecule has 0 saturated carbocycles. The maximum Gasteiger partial charge on any atom is 0.261 e. The zero-order valence-corrected chi connectivity index (χ0v) is 12.8. The molecule has 1 N–H and O–H groups in total. The molecule has 0 aliphatic rings. The van der Waals surface area contributed by atoms with Crippen molar-refractivity contribution in [1.29, 1.82) is 0 Å². The highest BCUT2D eigenvalue weighted by molar-refractivity contribution is 5.83. The van der Waals surface area contributed by atoms with Crippen molar-refractivity contribution in [3.8, 4) is 0 Å². The van der Waals surface area contributed by atoms with Gasteiger partial charge >= 0.3 is 0 Å². The van der Waals surface area contributed by atoms with Crippen LogP contribution in [0.1, 0.15) is 18.1 Å². The number of hydrogen-bond acceptors (Lipinski definition) is 4. The lowest BCUT2D eigenvalue weighted by Crippen LogP contribution is -2.23. The molecule has 6 nitrogen and oxygen atoms in total. The number of aromatic nitrogens is 3. The fourth-order valence-corrected chi connectivity index (χ4v) is 2.22. The number of benzene rings is 2. The number of rotatable bonds is 5. The molecule has 2 aromatic carbocycles. The Kier molecular flexibility index (Phi) is 4.42. The number of aryl methyl sites for hydroxylation is 1. The molecule has 0 radical (unpaired) electrons. The number of carbonyl (C=O) groups is 1. The molecular formula is C17H17N5O. The van der Waals surface area contributed by atoms with E-state index in [1.54, 1.807) is 10.9 Å². The molecule has 1 heterocycles. The van der Waals surface area contributed by atoms with E-state index >= 15 is 0 Å². The van der Waals surface area contributed by atoms with Gasteiger partial charge in [0, 0.05) is 0 Å². The van der Waals surface area contributed by atoms with Gasteiger partial charge in [0.25, 0.3) is 5.91 Å². The van der Waals surface area contributed by atoms with E-state index in [2.05, 4.69) is 27.8 Å². The van der Waals surface area contributed by atoms with Crippen molar-refractivity contribution in [3.05, 3.63) is 59.7 Å². The Morgan fingerprint density at radius 2 is 2.00 bits per heavy atom. The van der Waals surface area contributed by atoms with Crippen LogP contribution in [0.25, 0.3) is 11.0 Å². The highest BCUT2D eigenvalue weighted by atomic mass is 16.2. The van der Waals surface area contributed by atoms with Crippen molar-refractivity contribution in [3.63, 3.8) is 0 Å². The third kappa shape index (κ3) is 3.60. The number of hydrazone groups is 1. The van der Waals surface area contributed by atoms with Crippen LogP contribution in [-0.2, 0) is 17.8 Å². The van der Waals surface area contributed by atoms with Crippen LogP contribution in [0, 0.1) is 0 Å². The van der Waals surface area contributed by atoms with E-state index in [0.29, 0.717) is 0 Å². The average molecular weight is 307 g/mol. The van der Waals surface area contributed by atoms with Gasteiger partial charge in [0.2, 0.25) is 0 Å². The number of nitrogens with one attached hydrogen (secondary N) is 1. The molecule has 0 aliphatic carbocycles. The van der Waals surface area contributed by atoms with Crippen LogP contribution in [0.15, 0.2) is 53.6 Å². The van der Waals surface area contributed by atoms with E-state index < -0.39 is 0 Å². The second-order valence-corrected chi connectivity index (χ2v) is 5.12. The van der Waals surface area contributed by atoms with Gasteiger partial charge in [-0.1, -0.05) is 48.5 Å². The van der Waals surface area contributed by atoms with E-state index in [9.17, 15) is 4.79 Å². The Morgan fingerprint density at radius 3 is 2.78 bits per heavy atom. The van der Waals surface area contributed by atoms with Gasteiger partial charge in [0.1, 0.15) is 12.1 Å². The lowest BCUT2D eigenvalue weighted by Gasteiger charge is -2.01. The molecule has 0 bridgehead atoms. The molecule has 3 rings (SSSR count). The van der Waals surface area contributed by atoms with E-state index in [0.717, 1.165) is 23.0 Å². The first-order chi connectivity index (χ1) is 11.3. The Hall–Kier alpha value is -3.02. The predicted molar refractivity (Wildman–Crippen MR) is 89.1 cm³/mol. The number of para-hydroxylation sites is 1. The molecule has 0 spiro atoms. The summed E-state index contributed by atoms with van der Waals surface area (Å²) in [7, 11) is 0. The van der Waals surface area contributed by atoms with Crippen LogP contribution < -0.4 is 5.43 Å². The SMILES string of the molecule is CCc1ccc(/C=N/NC(=O)Cn2nnc3ccccc32)cc1. The molecule has 0 unspecified atom stereocenters. The van der Waals surface area contributed by atoms with Gasteiger partial charge in [0.05, 0.1) is 11.7 Å². The first kappa shape index (κ1) is 14.9. The van der Waals surface area contributed by atoms with Crippen LogP contribution >= 0.6 is 0 Å². The standard InChI is InChI=1S/C17H17N5O/c1-2-13-7-9-14(10-8-13)11-18-20-17(23)12-22-16-6-4-3-5-15(16)19-21-22/h3-11H,2,12H2,1H3,(H,20,23)/b18-11+. The summed E-state index contributed by atoms with van der Waals surface area (Å²) in [4.78, 5) is 11.9. The fraction of sp³-hybridized carbons (Fsp3) is 0.176. The molecule has 1 aromatic heterocycles. The second kappa shape index (κ2) is 6.83. The molecule has 0 atom stereocenters. The first-order valence-electron chi connectivity index (χ1n) is 7.45. The van der Waals surface area contributed by atoms with E-state index in [4.69, 9.17) is 0 Å². The monoisotopic (exact) mass is 307 g/mol. The Morgan fingerprint density at radius 1 is 1.22 bits per heavy atom. The van der Waals surface area contributed by atoms with Crippen molar-refractivity contribution in [2.75, 3.05) is 0 Å². The number of nitrogens with zero attached hydrogens (tertiary/aromatic N) is 4. The van der Waals surface area contributed by atoms with Gasteiger partial charge in [-0.25, -0.2) is 10.1 Å². The normalized spacial score (nSPS) is 11.2. The Bertz CT molecular complexity index is 836. The van der Waals surface area contributed by atoms with Crippen molar-refractivity contribution >= 4 is 23.2 Å². The first-order valence-corrected chi connectivity index (χ1v) is 7.45. The van der Waals surface area contributed by atoms with Crippen LogP contribution in [0.2, 0.25) is 0 Å². The van der Waals surface area contributed by atoms with Gasteiger partial charge < -0.3 is 0 Å². The largest absolute Gasteiger partial charge is 0.271 e. The van der Waals surface area contributed by atoms with Crippen molar-refractivity contribution < 1.29 is 4.79 Å². The van der Waals surface area contributed by atoms with Gasteiger partial charge in [-0.15, -0.1) is 5.10 Å². The predicted octanol–water partition coefficient (Wildman–Crippen LogP) is 2.14. The lowest BCUT2D eigenvalue weighted by molar-refractivity contribution is -0.121.